The molecule has 1 aromatic heterocycles. The number of nitrogens with zero attached hydrogens (tertiary/aromatic N) is 1. The molecule has 0 saturated heterocycles. The highest BCUT2D eigenvalue weighted by Crippen LogP contribution is 2.23. The van der Waals surface area contributed by atoms with Gasteiger partial charge in [-0.3, -0.25) is 14.4 Å². The average Bonchev–Trinajstić information content (AvgIpc) is 3.07. The van der Waals surface area contributed by atoms with Gasteiger partial charge in [-0.25, -0.2) is 4.39 Å². The first-order valence-corrected chi connectivity index (χ1v) is 9.97. The number of methoxy groups -OCH3 is 1. The van der Waals surface area contributed by atoms with Gasteiger partial charge in [-0.2, -0.15) is 0 Å². The fourth-order valence-corrected chi connectivity index (χ4v) is 3.39. The van der Waals surface area contributed by atoms with Crippen LogP contribution in [0.15, 0.2) is 54.6 Å². The number of carbonyl (C=O) groups is 3. The van der Waals surface area contributed by atoms with Gasteiger partial charge in [0.1, 0.15) is 12.4 Å². The smallest absolute Gasteiger partial charge is 0.325 e. The number of hydrogen-bond donors (Lipinski definition) is 2. The zero-order valence-electron chi connectivity index (χ0n) is 18.1. The number of hydrogen-bond acceptors (Lipinski definition) is 4. The summed E-state index contributed by atoms with van der Waals surface area (Å²) < 4.78 is 20.4. The number of ether oxygens (including phenoxy) is 1. The third-order valence-electron chi connectivity index (χ3n) is 5.00. The standard InChI is InChI=1S/C24H24FN3O4/c1-15-12-19(16(2)28(15)21-7-5-4-6-20(21)25)24(31)27-18-10-8-17(9-11-18)13-22(29)26-14-23(30)32-3/h4-12H,13-14H2,1-3H3,(H,26,29)(H,27,31). The Bertz CT molecular complexity index is 1150. The molecule has 0 atom stereocenters. The second-order valence-corrected chi connectivity index (χ2v) is 7.25. The van der Waals surface area contributed by atoms with Crippen LogP contribution in [0.2, 0.25) is 0 Å². The second kappa shape index (κ2) is 9.91. The quantitative estimate of drug-likeness (QED) is 0.555. The molecule has 7 nitrogen and oxygen atoms in total. The van der Waals surface area contributed by atoms with Gasteiger partial charge in [0.05, 0.1) is 24.8 Å². The molecule has 0 bridgehead atoms. The van der Waals surface area contributed by atoms with E-state index in [1.165, 1.54) is 13.2 Å². The van der Waals surface area contributed by atoms with Crippen molar-refractivity contribution in [3.05, 3.63) is 82.9 Å². The number of halogens is 1. The van der Waals surface area contributed by atoms with E-state index in [0.29, 0.717) is 22.6 Å². The van der Waals surface area contributed by atoms with Crippen LogP contribution in [-0.2, 0) is 20.7 Å². The summed E-state index contributed by atoms with van der Waals surface area (Å²) in [6, 6.07) is 14.9. The third kappa shape index (κ3) is 5.21. The van der Waals surface area contributed by atoms with Gasteiger partial charge in [0.2, 0.25) is 5.91 Å². The normalized spacial score (nSPS) is 10.5. The Balaban J connectivity index is 1.68. The van der Waals surface area contributed by atoms with Crippen LogP contribution in [0.5, 0.6) is 0 Å². The summed E-state index contributed by atoms with van der Waals surface area (Å²) in [7, 11) is 1.25. The molecular formula is C24H24FN3O4. The predicted octanol–water partition coefficient (Wildman–Crippen LogP) is 3.32. The van der Waals surface area contributed by atoms with Gasteiger partial charge in [0.15, 0.2) is 0 Å². The molecular weight excluding hydrogens is 413 g/mol. The molecule has 0 aliphatic heterocycles. The Morgan fingerprint density at radius 3 is 2.38 bits per heavy atom. The van der Waals surface area contributed by atoms with Crippen LogP contribution in [0.1, 0.15) is 27.3 Å². The lowest BCUT2D eigenvalue weighted by molar-refractivity contribution is -0.141. The first-order valence-electron chi connectivity index (χ1n) is 9.97. The van der Waals surface area contributed by atoms with Gasteiger partial charge >= 0.3 is 5.97 Å². The number of benzene rings is 2. The van der Waals surface area contributed by atoms with E-state index in [9.17, 15) is 18.8 Å². The Labute approximate surface area is 185 Å². The molecule has 0 spiro atoms. The van der Waals surface area contributed by atoms with Crippen molar-refractivity contribution in [2.75, 3.05) is 19.0 Å². The van der Waals surface area contributed by atoms with Gasteiger partial charge in [-0.05, 0) is 49.7 Å². The van der Waals surface area contributed by atoms with Gasteiger partial charge in [0, 0.05) is 17.1 Å². The zero-order valence-corrected chi connectivity index (χ0v) is 18.1. The minimum absolute atomic E-state index is 0.0923. The highest BCUT2D eigenvalue weighted by molar-refractivity contribution is 6.05. The largest absolute Gasteiger partial charge is 0.468 e. The van der Waals surface area contributed by atoms with Gasteiger partial charge in [-0.15, -0.1) is 0 Å². The van der Waals surface area contributed by atoms with Crippen LogP contribution in [0.3, 0.4) is 0 Å². The van der Waals surface area contributed by atoms with Crippen molar-refractivity contribution < 1.29 is 23.5 Å². The first kappa shape index (κ1) is 22.7. The van der Waals surface area contributed by atoms with E-state index < -0.39 is 5.97 Å². The summed E-state index contributed by atoms with van der Waals surface area (Å²) >= 11 is 0. The van der Waals surface area contributed by atoms with Crippen molar-refractivity contribution in [3.63, 3.8) is 0 Å². The maximum absolute atomic E-state index is 14.3. The van der Waals surface area contributed by atoms with E-state index in [1.54, 1.807) is 60.0 Å². The van der Waals surface area contributed by atoms with Gasteiger partial charge < -0.3 is 19.9 Å². The molecule has 0 fully saturated rings. The Morgan fingerprint density at radius 1 is 1.03 bits per heavy atom. The molecule has 0 aliphatic rings. The van der Waals surface area contributed by atoms with E-state index in [0.717, 1.165) is 11.3 Å². The van der Waals surface area contributed by atoms with Crippen LogP contribution < -0.4 is 10.6 Å². The van der Waals surface area contributed by atoms with Crippen LogP contribution in [0.4, 0.5) is 10.1 Å². The summed E-state index contributed by atoms with van der Waals surface area (Å²) in [5.74, 6) is -1.52. The fraction of sp³-hybridized carbons (Fsp3) is 0.208. The van der Waals surface area contributed by atoms with Gasteiger partial charge in [-0.1, -0.05) is 24.3 Å². The summed E-state index contributed by atoms with van der Waals surface area (Å²) in [5.41, 5.74) is 3.48. The number of anilines is 1. The van der Waals surface area contributed by atoms with Crippen molar-refractivity contribution in [1.82, 2.24) is 9.88 Å². The highest BCUT2D eigenvalue weighted by Gasteiger charge is 2.18. The number of carbonyl (C=O) groups excluding carboxylic acids is 3. The lowest BCUT2D eigenvalue weighted by Gasteiger charge is -2.11. The van der Waals surface area contributed by atoms with Crippen molar-refractivity contribution in [3.8, 4) is 5.69 Å². The first-order chi connectivity index (χ1) is 15.3. The minimum Gasteiger partial charge on any atom is -0.468 e. The number of nitrogens with one attached hydrogen (secondary N) is 2. The topological polar surface area (TPSA) is 89.4 Å². The van der Waals surface area contributed by atoms with Crippen LogP contribution >= 0.6 is 0 Å². The second-order valence-electron chi connectivity index (χ2n) is 7.25. The van der Waals surface area contributed by atoms with Crippen LogP contribution in [0, 0.1) is 19.7 Å². The number of para-hydroxylation sites is 1. The lowest BCUT2D eigenvalue weighted by Crippen LogP contribution is -2.31. The molecule has 0 unspecified atom stereocenters. The SMILES string of the molecule is COC(=O)CNC(=O)Cc1ccc(NC(=O)c2cc(C)n(-c3ccccc3F)c2C)cc1. The highest BCUT2D eigenvalue weighted by atomic mass is 19.1. The Hall–Kier alpha value is -3.94. The summed E-state index contributed by atoms with van der Waals surface area (Å²) in [6.45, 7) is 3.40. The molecule has 2 aromatic carbocycles. The number of aryl methyl sites for hydroxylation is 1. The molecule has 3 rings (SSSR count). The van der Waals surface area contributed by atoms with Crippen molar-refractivity contribution in [2.24, 2.45) is 0 Å². The number of aromatic nitrogens is 1. The Morgan fingerprint density at radius 2 is 1.72 bits per heavy atom. The summed E-state index contributed by atoms with van der Waals surface area (Å²) in [6.07, 6.45) is 0.0923. The molecule has 2 N–H and O–H groups in total. The zero-order chi connectivity index (χ0) is 23.3. The fourth-order valence-electron chi connectivity index (χ4n) is 3.39. The van der Waals surface area contributed by atoms with Crippen LogP contribution in [-0.4, -0.2) is 36.0 Å². The van der Waals surface area contributed by atoms with E-state index >= 15 is 0 Å². The van der Waals surface area contributed by atoms with Crippen molar-refractivity contribution >= 4 is 23.5 Å². The number of amides is 2. The van der Waals surface area contributed by atoms with E-state index in [1.807, 2.05) is 6.92 Å². The molecule has 1 heterocycles. The minimum atomic E-state index is -0.522. The molecule has 0 aliphatic carbocycles. The Kier molecular flexibility index (Phi) is 7.04. The molecule has 2 amide bonds. The van der Waals surface area contributed by atoms with E-state index in [4.69, 9.17) is 0 Å². The third-order valence-corrected chi connectivity index (χ3v) is 5.00. The molecule has 8 heteroatoms. The van der Waals surface area contributed by atoms with Crippen LogP contribution in [0.25, 0.3) is 5.69 Å². The van der Waals surface area contributed by atoms with Gasteiger partial charge in [0.25, 0.3) is 5.91 Å². The maximum Gasteiger partial charge on any atom is 0.325 e. The van der Waals surface area contributed by atoms with E-state index in [-0.39, 0.29) is 30.6 Å². The van der Waals surface area contributed by atoms with Crippen molar-refractivity contribution in [1.29, 1.82) is 0 Å². The van der Waals surface area contributed by atoms with E-state index in [2.05, 4.69) is 15.4 Å². The number of esters is 1. The molecule has 0 radical (unpaired) electrons. The lowest BCUT2D eigenvalue weighted by atomic mass is 10.1. The number of rotatable bonds is 7. The monoisotopic (exact) mass is 437 g/mol. The average molecular weight is 437 g/mol. The molecule has 3 aromatic rings. The summed E-state index contributed by atoms with van der Waals surface area (Å²) in [5, 5.41) is 5.30. The van der Waals surface area contributed by atoms with Crippen molar-refractivity contribution in [2.45, 2.75) is 20.3 Å². The molecule has 32 heavy (non-hydrogen) atoms. The molecule has 166 valence electrons. The predicted molar refractivity (Wildman–Crippen MR) is 118 cm³/mol. The maximum atomic E-state index is 14.3. The molecule has 0 saturated carbocycles. The summed E-state index contributed by atoms with van der Waals surface area (Å²) in [4.78, 5) is 35.8.